The SMILES string of the molecule is O=Cc1nc2c(cc1CO)CCCN2C(=O)Nc1cc(O[C@@H]2CCOC2)c(Cl)cn1. The van der Waals surface area contributed by atoms with Gasteiger partial charge in [0.25, 0.3) is 0 Å². The van der Waals surface area contributed by atoms with E-state index < -0.39 is 6.03 Å². The van der Waals surface area contributed by atoms with E-state index in [-0.39, 0.29) is 24.2 Å². The van der Waals surface area contributed by atoms with Gasteiger partial charge in [0.15, 0.2) is 6.29 Å². The van der Waals surface area contributed by atoms with Crippen molar-refractivity contribution >= 4 is 35.6 Å². The van der Waals surface area contributed by atoms with E-state index in [0.29, 0.717) is 54.6 Å². The first-order valence-electron chi connectivity index (χ1n) is 9.66. The smallest absolute Gasteiger partial charge is 0.328 e. The maximum absolute atomic E-state index is 12.9. The first-order valence-corrected chi connectivity index (χ1v) is 10.0. The highest BCUT2D eigenvalue weighted by Crippen LogP contribution is 2.30. The molecule has 2 N–H and O–H groups in total. The predicted molar refractivity (Wildman–Crippen MR) is 109 cm³/mol. The summed E-state index contributed by atoms with van der Waals surface area (Å²) in [7, 11) is 0. The molecule has 10 heteroatoms. The molecule has 2 aromatic heterocycles. The lowest BCUT2D eigenvalue weighted by Gasteiger charge is -2.29. The number of rotatable bonds is 5. The highest BCUT2D eigenvalue weighted by atomic mass is 35.5. The molecule has 9 nitrogen and oxygen atoms in total. The number of pyridine rings is 2. The van der Waals surface area contributed by atoms with E-state index in [9.17, 15) is 14.7 Å². The standard InChI is InChI=1S/C20H21ClN4O5/c21-15-8-22-18(7-17(15)30-14-3-5-29-11-14)24-20(28)25-4-1-2-12-6-13(9-26)16(10-27)23-19(12)25/h6-8,10,14,26H,1-5,9,11H2,(H,22,24,28)/t14-/m1/s1. The lowest BCUT2D eigenvalue weighted by molar-refractivity contribution is 0.111. The second kappa shape index (κ2) is 8.95. The predicted octanol–water partition coefficient (Wildman–Crippen LogP) is 2.59. The van der Waals surface area contributed by atoms with Gasteiger partial charge < -0.3 is 14.6 Å². The van der Waals surface area contributed by atoms with E-state index in [4.69, 9.17) is 21.1 Å². The van der Waals surface area contributed by atoms with Crippen LogP contribution in [0.25, 0.3) is 0 Å². The quantitative estimate of drug-likeness (QED) is 0.698. The van der Waals surface area contributed by atoms with Crippen LogP contribution < -0.4 is 15.0 Å². The molecule has 2 aliphatic heterocycles. The topological polar surface area (TPSA) is 114 Å². The first-order chi connectivity index (χ1) is 14.6. The van der Waals surface area contributed by atoms with Gasteiger partial charge in [-0.2, -0.15) is 0 Å². The second-order valence-electron chi connectivity index (χ2n) is 7.08. The number of aldehydes is 1. The fourth-order valence-electron chi connectivity index (χ4n) is 3.53. The summed E-state index contributed by atoms with van der Waals surface area (Å²) in [6.45, 7) is 1.29. The number of aliphatic hydroxyl groups is 1. The highest BCUT2D eigenvalue weighted by Gasteiger charge is 2.26. The number of aryl methyl sites for hydroxylation is 1. The second-order valence-corrected chi connectivity index (χ2v) is 7.49. The number of ether oxygens (including phenoxy) is 2. The number of carbonyl (C=O) groups excluding carboxylic acids is 2. The Morgan fingerprint density at radius 2 is 2.33 bits per heavy atom. The Bertz CT molecular complexity index is 964. The Kier molecular flexibility index (Phi) is 6.12. The summed E-state index contributed by atoms with van der Waals surface area (Å²) in [4.78, 5) is 34.2. The van der Waals surface area contributed by atoms with E-state index >= 15 is 0 Å². The minimum Gasteiger partial charge on any atom is -0.486 e. The summed E-state index contributed by atoms with van der Waals surface area (Å²) in [5, 5.41) is 12.5. The summed E-state index contributed by atoms with van der Waals surface area (Å²) in [5.74, 6) is 1.12. The molecule has 4 heterocycles. The monoisotopic (exact) mass is 432 g/mol. The van der Waals surface area contributed by atoms with Crippen LogP contribution in [0.1, 0.15) is 34.5 Å². The Labute approximate surface area is 178 Å². The number of aliphatic hydroxyl groups excluding tert-OH is 1. The minimum atomic E-state index is -0.429. The normalized spacial score (nSPS) is 18.1. The highest BCUT2D eigenvalue weighted by molar-refractivity contribution is 6.32. The van der Waals surface area contributed by atoms with E-state index in [2.05, 4.69) is 15.3 Å². The maximum atomic E-state index is 12.9. The third kappa shape index (κ3) is 4.23. The van der Waals surface area contributed by atoms with Crippen molar-refractivity contribution in [3.8, 4) is 5.75 Å². The summed E-state index contributed by atoms with van der Waals surface area (Å²) < 4.78 is 11.2. The van der Waals surface area contributed by atoms with Crippen LogP contribution in [0, 0.1) is 0 Å². The zero-order valence-electron chi connectivity index (χ0n) is 16.1. The molecule has 0 bridgehead atoms. The number of fused-ring (bicyclic) bond motifs is 1. The zero-order valence-corrected chi connectivity index (χ0v) is 16.9. The van der Waals surface area contributed by atoms with Crippen molar-refractivity contribution in [2.75, 3.05) is 30.0 Å². The summed E-state index contributed by atoms with van der Waals surface area (Å²) in [6, 6.07) is 2.87. The van der Waals surface area contributed by atoms with Crippen molar-refractivity contribution in [2.45, 2.75) is 32.0 Å². The first kappa shape index (κ1) is 20.5. The molecule has 0 aromatic carbocycles. The number of anilines is 2. The van der Waals surface area contributed by atoms with Gasteiger partial charge in [0, 0.05) is 24.6 Å². The molecule has 1 fully saturated rings. The number of nitrogens with zero attached hydrogens (tertiary/aromatic N) is 3. The fraction of sp³-hybridized carbons (Fsp3) is 0.400. The Hall–Kier alpha value is -2.75. The van der Waals surface area contributed by atoms with Gasteiger partial charge in [-0.25, -0.2) is 14.8 Å². The Morgan fingerprint density at radius 1 is 1.47 bits per heavy atom. The number of amides is 2. The van der Waals surface area contributed by atoms with Crippen LogP contribution >= 0.6 is 11.6 Å². The third-order valence-corrected chi connectivity index (χ3v) is 5.32. The van der Waals surface area contributed by atoms with Crippen LogP contribution in [0.3, 0.4) is 0 Å². The molecule has 1 saturated heterocycles. The average Bonchev–Trinajstić information content (AvgIpc) is 3.27. The van der Waals surface area contributed by atoms with Gasteiger partial charge in [-0.3, -0.25) is 15.0 Å². The molecule has 2 aromatic rings. The van der Waals surface area contributed by atoms with Crippen LogP contribution in [0.15, 0.2) is 18.3 Å². The van der Waals surface area contributed by atoms with Gasteiger partial charge in [0.1, 0.15) is 34.2 Å². The van der Waals surface area contributed by atoms with E-state index in [1.54, 1.807) is 12.1 Å². The number of aromatic nitrogens is 2. The van der Waals surface area contributed by atoms with Crippen molar-refractivity contribution in [3.05, 3.63) is 40.2 Å². The summed E-state index contributed by atoms with van der Waals surface area (Å²) in [6.07, 6.45) is 4.12. The van der Waals surface area contributed by atoms with E-state index in [0.717, 1.165) is 18.4 Å². The Balaban J connectivity index is 1.54. The maximum Gasteiger partial charge on any atom is 0.328 e. The van der Waals surface area contributed by atoms with Gasteiger partial charge in [0.2, 0.25) is 0 Å². The molecule has 0 radical (unpaired) electrons. The molecule has 0 saturated carbocycles. The van der Waals surface area contributed by atoms with Crippen molar-refractivity contribution in [1.82, 2.24) is 9.97 Å². The molecule has 2 amide bonds. The molecule has 0 unspecified atom stereocenters. The lowest BCUT2D eigenvalue weighted by atomic mass is 10.0. The average molecular weight is 433 g/mol. The molecule has 30 heavy (non-hydrogen) atoms. The van der Waals surface area contributed by atoms with Crippen molar-refractivity contribution in [1.29, 1.82) is 0 Å². The molecule has 0 spiro atoms. The van der Waals surface area contributed by atoms with Crippen molar-refractivity contribution < 1.29 is 24.2 Å². The minimum absolute atomic E-state index is 0.0888. The molecular weight excluding hydrogens is 412 g/mol. The van der Waals surface area contributed by atoms with Crippen LogP contribution in [0.5, 0.6) is 5.75 Å². The van der Waals surface area contributed by atoms with Gasteiger partial charge in [-0.05, 0) is 24.5 Å². The van der Waals surface area contributed by atoms with E-state index in [1.165, 1.54) is 11.1 Å². The van der Waals surface area contributed by atoms with Crippen molar-refractivity contribution in [2.24, 2.45) is 0 Å². The molecule has 0 aliphatic carbocycles. The van der Waals surface area contributed by atoms with Crippen molar-refractivity contribution in [3.63, 3.8) is 0 Å². The number of hydrogen-bond donors (Lipinski definition) is 2. The van der Waals surface area contributed by atoms with Crippen LogP contribution in [0.2, 0.25) is 5.02 Å². The van der Waals surface area contributed by atoms with Crippen LogP contribution in [-0.2, 0) is 17.8 Å². The number of carbonyl (C=O) groups is 2. The molecule has 1 atom stereocenters. The van der Waals surface area contributed by atoms with Crippen LogP contribution in [-0.4, -0.2) is 53.3 Å². The number of nitrogens with one attached hydrogen (secondary N) is 1. The van der Waals surface area contributed by atoms with Crippen LogP contribution in [0.4, 0.5) is 16.4 Å². The zero-order chi connectivity index (χ0) is 21.1. The molecule has 4 rings (SSSR count). The van der Waals surface area contributed by atoms with E-state index in [1.807, 2.05) is 0 Å². The lowest BCUT2D eigenvalue weighted by Crippen LogP contribution is -2.39. The molecule has 158 valence electrons. The fourth-order valence-corrected chi connectivity index (χ4v) is 3.67. The number of hydrogen-bond acceptors (Lipinski definition) is 7. The largest absolute Gasteiger partial charge is 0.486 e. The van der Waals surface area contributed by atoms with Gasteiger partial charge in [-0.1, -0.05) is 11.6 Å². The number of halogens is 1. The summed E-state index contributed by atoms with van der Waals surface area (Å²) in [5.41, 5.74) is 1.37. The van der Waals surface area contributed by atoms with Gasteiger partial charge in [-0.15, -0.1) is 0 Å². The molecular formula is C20H21ClN4O5. The Morgan fingerprint density at radius 3 is 3.07 bits per heavy atom. The molecule has 2 aliphatic rings. The third-order valence-electron chi connectivity index (χ3n) is 5.04. The summed E-state index contributed by atoms with van der Waals surface area (Å²) >= 11 is 6.17. The van der Waals surface area contributed by atoms with Gasteiger partial charge >= 0.3 is 6.03 Å². The van der Waals surface area contributed by atoms with Gasteiger partial charge in [0.05, 0.1) is 26.0 Å². The number of urea groups is 1.